The Morgan fingerprint density at radius 2 is 1.79 bits per heavy atom. The van der Waals surface area contributed by atoms with E-state index >= 15 is 0 Å². The lowest BCUT2D eigenvalue weighted by molar-refractivity contribution is -0.120. The van der Waals surface area contributed by atoms with Gasteiger partial charge in [-0.2, -0.15) is 0 Å². The van der Waals surface area contributed by atoms with E-state index in [1.54, 1.807) is 18.2 Å². The average molecular weight is 365 g/mol. The van der Waals surface area contributed by atoms with Crippen molar-refractivity contribution < 1.29 is 4.79 Å². The smallest absolute Gasteiger partial charge is 0.224 e. The van der Waals surface area contributed by atoms with E-state index in [-0.39, 0.29) is 18.4 Å². The van der Waals surface area contributed by atoms with E-state index < -0.39 is 0 Å². The predicted molar refractivity (Wildman–Crippen MR) is 101 cm³/mol. The average Bonchev–Trinajstić information content (AvgIpc) is 2.52. The minimum atomic E-state index is -0.0572. The summed E-state index contributed by atoms with van der Waals surface area (Å²) in [6.45, 7) is 2.60. The Kier molecular flexibility index (Phi) is 6.67. The first-order valence-electron chi connectivity index (χ1n) is 7.80. The summed E-state index contributed by atoms with van der Waals surface area (Å²) in [6, 6.07) is 13.7. The zero-order valence-electron chi connectivity index (χ0n) is 14.1. The van der Waals surface area contributed by atoms with Gasteiger partial charge in [0.05, 0.1) is 12.5 Å². The fourth-order valence-electron chi connectivity index (χ4n) is 2.50. The topological polar surface area (TPSA) is 32.3 Å². The second-order valence-electron chi connectivity index (χ2n) is 6.11. The summed E-state index contributed by atoms with van der Waals surface area (Å²) in [4.78, 5) is 14.3. The number of hydrogen-bond acceptors (Lipinski definition) is 2. The number of rotatable bonds is 6. The number of nitrogens with zero attached hydrogens (tertiary/aromatic N) is 1. The minimum absolute atomic E-state index is 0.0572. The Morgan fingerprint density at radius 1 is 1.12 bits per heavy atom. The molecule has 0 radical (unpaired) electrons. The maximum Gasteiger partial charge on any atom is 0.224 e. The van der Waals surface area contributed by atoms with Crippen molar-refractivity contribution in [2.45, 2.75) is 19.4 Å². The molecular weight excluding hydrogens is 343 g/mol. The lowest BCUT2D eigenvalue weighted by atomic mass is 10.0. The molecule has 0 bridgehead atoms. The highest BCUT2D eigenvalue weighted by atomic mass is 35.5. The Bertz CT molecular complexity index is 699. The zero-order valence-corrected chi connectivity index (χ0v) is 15.7. The fourth-order valence-corrected chi connectivity index (χ4v) is 2.97. The molecule has 0 aliphatic rings. The van der Waals surface area contributed by atoms with Crippen molar-refractivity contribution in [3.8, 4) is 0 Å². The molecule has 0 aliphatic carbocycles. The van der Waals surface area contributed by atoms with E-state index in [1.165, 1.54) is 11.1 Å². The normalized spacial score (nSPS) is 12.2. The van der Waals surface area contributed by atoms with E-state index in [2.05, 4.69) is 41.4 Å². The van der Waals surface area contributed by atoms with Crippen LogP contribution in [0.4, 0.5) is 0 Å². The summed E-state index contributed by atoms with van der Waals surface area (Å²) in [6.07, 6.45) is 0.240. The largest absolute Gasteiger partial charge is 0.354 e. The van der Waals surface area contributed by atoms with Crippen LogP contribution in [0.25, 0.3) is 0 Å². The molecule has 0 fully saturated rings. The molecule has 2 aromatic carbocycles. The van der Waals surface area contributed by atoms with Crippen molar-refractivity contribution in [3.05, 3.63) is 69.2 Å². The Morgan fingerprint density at radius 3 is 2.38 bits per heavy atom. The molecule has 0 aliphatic heterocycles. The minimum Gasteiger partial charge on any atom is -0.354 e. The summed E-state index contributed by atoms with van der Waals surface area (Å²) in [5.74, 6) is -0.0572. The first kappa shape index (κ1) is 18.8. The molecule has 2 aromatic rings. The Hall–Kier alpha value is -1.55. The number of aryl methyl sites for hydroxylation is 1. The third kappa shape index (κ3) is 5.23. The van der Waals surface area contributed by atoms with Gasteiger partial charge in [0, 0.05) is 16.6 Å². The van der Waals surface area contributed by atoms with Crippen LogP contribution in [0.1, 0.15) is 22.7 Å². The third-order valence-electron chi connectivity index (χ3n) is 3.94. The maximum absolute atomic E-state index is 12.2. The van der Waals surface area contributed by atoms with Crippen molar-refractivity contribution in [1.82, 2.24) is 10.2 Å². The molecule has 0 unspecified atom stereocenters. The van der Waals surface area contributed by atoms with Gasteiger partial charge in [-0.05, 0) is 44.3 Å². The van der Waals surface area contributed by atoms with Crippen LogP contribution in [0.5, 0.6) is 0 Å². The van der Waals surface area contributed by atoms with Gasteiger partial charge in [-0.25, -0.2) is 0 Å². The highest BCUT2D eigenvalue weighted by Gasteiger charge is 2.16. The molecule has 1 N–H and O–H groups in total. The maximum atomic E-state index is 12.2. The monoisotopic (exact) mass is 364 g/mol. The van der Waals surface area contributed by atoms with Crippen molar-refractivity contribution >= 4 is 29.1 Å². The molecule has 128 valence electrons. The first-order chi connectivity index (χ1) is 11.4. The highest BCUT2D eigenvalue weighted by Crippen LogP contribution is 2.22. The molecule has 0 spiro atoms. The van der Waals surface area contributed by atoms with E-state index in [1.807, 2.05) is 14.1 Å². The van der Waals surface area contributed by atoms with Crippen LogP contribution in [0.15, 0.2) is 42.5 Å². The van der Waals surface area contributed by atoms with E-state index in [9.17, 15) is 4.79 Å². The Labute approximate surface area is 153 Å². The summed E-state index contributed by atoms with van der Waals surface area (Å²) < 4.78 is 0. The lowest BCUT2D eigenvalue weighted by Gasteiger charge is -2.25. The van der Waals surface area contributed by atoms with Gasteiger partial charge < -0.3 is 10.2 Å². The second kappa shape index (κ2) is 8.52. The molecule has 1 amide bonds. The molecule has 0 saturated carbocycles. The van der Waals surface area contributed by atoms with Gasteiger partial charge in [0.1, 0.15) is 0 Å². The molecular formula is C19H22Cl2N2O. The number of nitrogens with one attached hydrogen (secondary N) is 1. The van der Waals surface area contributed by atoms with Crippen LogP contribution in [0, 0.1) is 6.92 Å². The summed E-state index contributed by atoms with van der Waals surface area (Å²) >= 11 is 12.0. The molecule has 0 saturated heterocycles. The quantitative estimate of drug-likeness (QED) is 0.830. The second-order valence-corrected chi connectivity index (χ2v) is 6.95. The molecule has 5 heteroatoms. The van der Waals surface area contributed by atoms with Gasteiger partial charge in [-0.3, -0.25) is 4.79 Å². The van der Waals surface area contributed by atoms with Gasteiger partial charge in [-0.15, -0.1) is 0 Å². The van der Waals surface area contributed by atoms with E-state index in [4.69, 9.17) is 23.2 Å². The van der Waals surface area contributed by atoms with Gasteiger partial charge in [0.2, 0.25) is 5.91 Å². The molecule has 0 aromatic heterocycles. The molecule has 1 atom stereocenters. The number of hydrogen-bond donors (Lipinski definition) is 1. The van der Waals surface area contributed by atoms with Crippen LogP contribution in [0.3, 0.4) is 0 Å². The van der Waals surface area contributed by atoms with E-state index in [0.29, 0.717) is 16.6 Å². The number of amides is 1. The van der Waals surface area contributed by atoms with Gasteiger partial charge >= 0.3 is 0 Å². The van der Waals surface area contributed by atoms with Crippen LogP contribution >= 0.6 is 23.2 Å². The van der Waals surface area contributed by atoms with Crippen LogP contribution < -0.4 is 5.32 Å². The van der Waals surface area contributed by atoms with Crippen molar-refractivity contribution in [1.29, 1.82) is 0 Å². The van der Waals surface area contributed by atoms with Crippen molar-refractivity contribution in [2.75, 3.05) is 20.6 Å². The molecule has 0 heterocycles. The van der Waals surface area contributed by atoms with E-state index in [0.717, 1.165) is 5.56 Å². The van der Waals surface area contributed by atoms with Crippen LogP contribution in [-0.4, -0.2) is 31.4 Å². The molecule has 24 heavy (non-hydrogen) atoms. The lowest BCUT2D eigenvalue weighted by Crippen LogP contribution is -2.35. The van der Waals surface area contributed by atoms with Crippen molar-refractivity contribution in [2.24, 2.45) is 0 Å². The molecule has 2 rings (SSSR count). The number of carbonyl (C=O) groups excluding carboxylic acids is 1. The number of halogens is 2. The van der Waals surface area contributed by atoms with Gasteiger partial charge in [0.25, 0.3) is 0 Å². The first-order valence-corrected chi connectivity index (χ1v) is 8.56. The number of carbonyl (C=O) groups is 1. The summed E-state index contributed by atoms with van der Waals surface area (Å²) in [7, 11) is 4.01. The summed E-state index contributed by atoms with van der Waals surface area (Å²) in [5.41, 5.74) is 3.17. The van der Waals surface area contributed by atoms with Crippen LogP contribution in [-0.2, 0) is 11.2 Å². The standard InChI is InChI=1S/C19H22Cl2N2O/c1-13-4-6-14(7-5-13)18(23(2)3)12-22-19(24)10-15-8-9-16(20)11-17(15)21/h4-9,11,18H,10,12H2,1-3H3,(H,22,24)/t18-/m1/s1. The SMILES string of the molecule is Cc1ccc([C@@H](CNC(=O)Cc2ccc(Cl)cc2Cl)N(C)C)cc1. The van der Waals surface area contributed by atoms with Crippen molar-refractivity contribution in [3.63, 3.8) is 0 Å². The zero-order chi connectivity index (χ0) is 17.7. The van der Waals surface area contributed by atoms with Crippen LogP contribution in [0.2, 0.25) is 10.0 Å². The number of likely N-dealkylation sites (N-methyl/N-ethyl adjacent to an activating group) is 1. The predicted octanol–water partition coefficient (Wildman–Crippen LogP) is 4.26. The highest BCUT2D eigenvalue weighted by molar-refractivity contribution is 6.35. The van der Waals surface area contributed by atoms with Gasteiger partial charge in [0.15, 0.2) is 0 Å². The molecule has 3 nitrogen and oxygen atoms in total. The Balaban J connectivity index is 1.98. The van der Waals surface area contributed by atoms with Gasteiger partial charge in [-0.1, -0.05) is 59.1 Å². The fraction of sp³-hybridized carbons (Fsp3) is 0.316. The number of benzene rings is 2. The third-order valence-corrected chi connectivity index (χ3v) is 4.53. The summed E-state index contributed by atoms with van der Waals surface area (Å²) in [5, 5.41) is 4.08.